The van der Waals surface area contributed by atoms with Gasteiger partial charge < -0.3 is 25.1 Å². The van der Waals surface area contributed by atoms with Crippen molar-refractivity contribution in [1.29, 1.82) is 0 Å². The number of amides is 1. The van der Waals surface area contributed by atoms with Gasteiger partial charge in [-0.3, -0.25) is 0 Å². The number of hydrogen-bond acceptors (Lipinski definition) is 5. The third kappa shape index (κ3) is 5.25. The molecule has 0 aromatic heterocycles. The topological polar surface area (TPSA) is 98.7 Å². The second-order valence-electron chi connectivity index (χ2n) is 6.68. The van der Waals surface area contributed by atoms with Crippen LogP contribution in [0.15, 0.2) is 12.1 Å². The summed E-state index contributed by atoms with van der Waals surface area (Å²) in [6, 6.07) is 1.96. The van der Waals surface area contributed by atoms with Crippen LogP contribution in [0.25, 0.3) is 0 Å². The van der Waals surface area contributed by atoms with Crippen molar-refractivity contribution in [2.75, 3.05) is 0 Å². The minimum absolute atomic E-state index is 0.429. The maximum Gasteiger partial charge on any atom is 0.408 e. The van der Waals surface area contributed by atoms with Crippen LogP contribution < -0.4 is 10.4 Å². The summed E-state index contributed by atoms with van der Waals surface area (Å²) in [5.41, 5.74) is 2.33. The van der Waals surface area contributed by atoms with Crippen LogP contribution in [0.3, 0.4) is 0 Å². The van der Waals surface area contributed by atoms with Gasteiger partial charge in [0.2, 0.25) is 0 Å². The highest BCUT2D eigenvalue weighted by molar-refractivity contribution is 5.79. The van der Waals surface area contributed by atoms with Gasteiger partial charge in [0.15, 0.2) is 0 Å². The molecule has 1 rings (SSSR count). The number of carboxylic acids is 1. The minimum Gasteiger partial charge on any atom is -0.548 e. The molecule has 1 aromatic carbocycles. The fourth-order valence-electron chi connectivity index (χ4n) is 2.18. The van der Waals surface area contributed by atoms with Crippen molar-refractivity contribution in [3.05, 3.63) is 34.4 Å². The Kier molecular flexibility index (Phi) is 5.77. The number of hydrogen-bond donors (Lipinski definition) is 2. The van der Waals surface area contributed by atoms with Gasteiger partial charge >= 0.3 is 6.09 Å². The maximum atomic E-state index is 11.8. The molecule has 0 saturated carbocycles. The van der Waals surface area contributed by atoms with Crippen molar-refractivity contribution < 1.29 is 24.5 Å². The number of carbonyl (C=O) groups is 2. The van der Waals surface area contributed by atoms with Crippen molar-refractivity contribution >= 4 is 12.1 Å². The Balaban J connectivity index is 3.04. The zero-order valence-corrected chi connectivity index (χ0v) is 14.4. The van der Waals surface area contributed by atoms with Gasteiger partial charge in [-0.15, -0.1) is 0 Å². The largest absolute Gasteiger partial charge is 0.548 e. The first kappa shape index (κ1) is 19.0. The summed E-state index contributed by atoms with van der Waals surface area (Å²) < 4.78 is 5.03. The first-order valence-electron chi connectivity index (χ1n) is 7.38. The quantitative estimate of drug-likeness (QED) is 0.870. The van der Waals surface area contributed by atoms with E-state index in [1.54, 1.807) is 33.8 Å². The van der Waals surface area contributed by atoms with E-state index in [0.29, 0.717) is 5.56 Å². The third-order valence-corrected chi connectivity index (χ3v) is 3.44. The number of rotatable bonds is 4. The van der Waals surface area contributed by atoms with Crippen LogP contribution >= 0.6 is 0 Å². The van der Waals surface area contributed by atoms with Crippen LogP contribution in [0, 0.1) is 20.8 Å². The number of benzene rings is 1. The number of aliphatic hydroxyl groups is 1. The van der Waals surface area contributed by atoms with Crippen LogP contribution in [0.5, 0.6) is 0 Å². The predicted octanol–water partition coefficient (Wildman–Crippen LogP) is 1.29. The summed E-state index contributed by atoms with van der Waals surface area (Å²) >= 11 is 0. The Morgan fingerprint density at radius 1 is 1.13 bits per heavy atom. The molecule has 0 radical (unpaired) electrons. The number of carboxylic acid groups (broad SMARTS) is 1. The van der Waals surface area contributed by atoms with Crippen LogP contribution in [0.2, 0.25) is 0 Å². The first-order valence-corrected chi connectivity index (χ1v) is 7.38. The van der Waals surface area contributed by atoms with E-state index in [0.717, 1.165) is 16.7 Å². The Morgan fingerprint density at radius 3 is 2.13 bits per heavy atom. The lowest BCUT2D eigenvalue weighted by Gasteiger charge is -2.28. The smallest absolute Gasteiger partial charge is 0.408 e. The van der Waals surface area contributed by atoms with Gasteiger partial charge in [0.05, 0.1) is 5.97 Å². The lowest BCUT2D eigenvalue weighted by molar-refractivity contribution is -0.310. The Morgan fingerprint density at radius 2 is 1.65 bits per heavy atom. The third-order valence-electron chi connectivity index (χ3n) is 3.44. The molecule has 1 amide bonds. The molecule has 0 heterocycles. The fraction of sp³-hybridized carbons (Fsp3) is 0.529. The van der Waals surface area contributed by atoms with Crippen LogP contribution in [0.1, 0.15) is 49.1 Å². The number of aliphatic carboxylic acids is 1. The summed E-state index contributed by atoms with van der Waals surface area (Å²) in [7, 11) is 0. The predicted molar refractivity (Wildman–Crippen MR) is 83.8 cm³/mol. The highest BCUT2D eigenvalue weighted by Gasteiger charge is 2.27. The average molecular weight is 322 g/mol. The van der Waals surface area contributed by atoms with Crippen molar-refractivity contribution in [3.63, 3.8) is 0 Å². The van der Waals surface area contributed by atoms with E-state index in [1.807, 2.05) is 19.9 Å². The molecule has 0 saturated heterocycles. The van der Waals surface area contributed by atoms with E-state index in [2.05, 4.69) is 5.32 Å². The maximum absolute atomic E-state index is 11.8. The molecule has 6 heteroatoms. The molecule has 0 unspecified atom stereocenters. The van der Waals surface area contributed by atoms with Crippen molar-refractivity contribution in [2.45, 2.75) is 59.3 Å². The summed E-state index contributed by atoms with van der Waals surface area (Å²) in [4.78, 5) is 23.1. The van der Waals surface area contributed by atoms with Gasteiger partial charge in [-0.1, -0.05) is 12.1 Å². The number of nitrogens with one attached hydrogen (secondary N) is 1. The number of alkyl carbamates (subject to hydrolysis) is 1. The second-order valence-corrected chi connectivity index (χ2v) is 6.68. The minimum atomic E-state index is -1.61. The van der Waals surface area contributed by atoms with E-state index in [4.69, 9.17) is 4.74 Å². The molecule has 0 bridgehead atoms. The van der Waals surface area contributed by atoms with Crippen LogP contribution in [-0.2, 0) is 9.53 Å². The Bertz CT molecular complexity index is 604. The number of aryl methyl sites for hydroxylation is 3. The van der Waals surface area contributed by atoms with E-state index in [1.165, 1.54) is 0 Å². The van der Waals surface area contributed by atoms with Gasteiger partial charge in [-0.05, 0) is 63.8 Å². The molecule has 0 spiro atoms. The highest BCUT2D eigenvalue weighted by atomic mass is 16.6. The monoisotopic (exact) mass is 322 g/mol. The molecule has 2 atom stereocenters. The molecule has 128 valence electrons. The van der Waals surface area contributed by atoms with Crippen LogP contribution in [0.4, 0.5) is 4.79 Å². The molecular formula is C17H24NO5-. The molecule has 6 nitrogen and oxygen atoms in total. The average Bonchev–Trinajstić information content (AvgIpc) is 2.37. The van der Waals surface area contributed by atoms with Gasteiger partial charge in [0.25, 0.3) is 0 Å². The number of ether oxygens (including phenoxy) is 1. The molecule has 0 fully saturated rings. The van der Waals surface area contributed by atoms with Crippen molar-refractivity contribution in [2.24, 2.45) is 0 Å². The summed E-state index contributed by atoms with van der Waals surface area (Å²) in [6.45, 7) is 10.5. The second kappa shape index (κ2) is 7.00. The first-order chi connectivity index (χ1) is 10.4. The van der Waals surface area contributed by atoms with Gasteiger partial charge in [0, 0.05) is 0 Å². The van der Waals surface area contributed by atoms with E-state index in [-0.39, 0.29) is 0 Å². The molecular weight excluding hydrogens is 298 g/mol. The van der Waals surface area contributed by atoms with Crippen molar-refractivity contribution in [3.8, 4) is 0 Å². The van der Waals surface area contributed by atoms with Gasteiger partial charge in [0.1, 0.15) is 17.7 Å². The molecule has 0 aliphatic carbocycles. The fourth-order valence-corrected chi connectivity index (χ4v) is 2.18. The highest BCUT2D eigenvalue weighted by Crippen LogP contribution is 2.24. The lowest BCUT2D eigenvalue weighted by atomic mass is 9.94. The number of aliphatic hydroxyl groups excluding tert-OH is 1. The summed E-state index contributed by atoms with van der Waals surface area (Å²) in [5, 5.41) is 23.9. The van der Waals surface area contributed by atoms with E-state index >= 15 is 0 Å². The Labute approximate surface area is 136 Å². The lowest BCUT2D eigenvalue weighted by Crippen LogP contribution is -2.52. The number of carbonyl (C=O) groups excluding carboxylic acids is 2. The molecule has 1 aromatic rings. The molecule has 0 aliphatic heterocycles. The summed E-state index contributed by atoms with van der Waals surface area (Å²) in [5.74, 6) is -1.58. The van der Waals surface area contributed by atoms with Gasteiger partial charge in [-0.25, -0.2) is 4.79 Å². The van der Waals surface area contributed by atoms with E-state index in [9.17, 15) is 19.8 Å². The van der Waals surface area contributed by atoms with Crippen LogP contribution in [-0.4, -0.2) is 28.8 Å². The zero-order chi connectivity index (χ0) is 17.9. The zero-order valence-electron chi connectivity index (χ0n) is 14.4. The standard InChI is InChI=1S/C17H25NO5/c1-9-7-11(3)12(8-10(9)2)14(19)13(15(20)21)18-16(22)23-17(4,5)6/h7-8,13-14,19H,1-6H3,(H,18,22)(H,20,21)/p-1/t13-,14+/m1/s1. The summed E-state index contributed by atoms with van der Waals surface area (Å²) in [6.07, 6.45) is -2.36. The van der Waals surface area contributed by atoms with Crippen molar-refractivity contribution in [1.82, 2.24) is 5.32 Å². The van der Waals surface area contributed by atoms with E-state index < -0.39 is 29.8 Å². The SMILES string of the molecule is Cc1cc(C)c([C@H](O)[C@@H](NC(=O)OC(C)(C)C)C(=O)[O-])cc1C. The van der Waals surface area contributed by atoms with Gasteiger partial charge in [-0.2, -0.15) is 0 Å². The molecule has 2 N–H and O–H groups in total. The normalized spacial score (nSPS) is 14.0. The molecule has 23 heavy (non-hydrogen) atoms. The molecule has 0 aliphatic rings. The Hall–Kier alpha value is -2.08.